The van der Waals surface area contributed by atoms with Crippen LogP contribution < -0.4 is 5.73 Å². The lowest BCUT2D eigenvalue weighted by molar-refractivity contribution is 0.620. The molecular weight excluding hydrogens is 244 g/mol. The quantitative estimate of drug-likeness (QED) is 0.755. The number of hydrogen-bond donors (Lipinski definition) is 1. The van der Waals surface area contributed by atoms with Crippen molar-refractivity contribution in [3.63, 3.8) is 0 Å². The van der Waals surface area contributed by atoms with Crippen molar-refractivity contribution < 1.29 is 4.42 Å². The Morgan fingerprint density at radius 3 is 2.89 bits per heavy atom. The first-order valence-corrected chi connectivity index (χ1v) is 6.75. The van der Waals surface area contributed by atoms with Gasteiger partial charge in [0.25, 0.3) is 0 Å². The van der Waals surface area contributed by atoms with Crippen LogP contribution in [0.1, 0.15) is 17.4 Å². The number of rotatable bonds is 2. The van der Waals surface area contributed by atoms with Crippen LogP contribution >= 0.6 is 11.3 Å². The number of nitrogens with zero attached hydrogens (tertiary/aromatic N) is 1. The molecular formula is C14H14N2OS. The van der Waals surface area contributed by atoms with Gasteiger partial charge in [-0.15, -0.1) is 11.3 Å². The largest absolute Gasteiger partial charge is 0.436 e. The van der Waals surface area contributed by atoms with Gasteiger partial charge in [-0.2, -0.15) is 0 Å². The van der Waals surface area contributed by atoms with Gasteiger partial charge in [0.05, 0.1) is 10.6 Å². The average Bonchev–Trinajstić information content (AvgIpc) is 2.93. The molecule has 3 aromatic rings. The van der Waals surface area contributed by atoms with E-state index in [1.807, 2.05) is 25.1 Å². The van der Waals surface area contributed by atoms with Crippen molar-refractivity contribution in [2.45, 2.75) is 20.3 Å². The molecule has 3 nitrogen and oxygen atoms in total. The summed E-state index contributed by atoms with van der Waals surface area (Å²) < 4.78 is 5.79. The summed E-state index contributed by atoms with van der Waals surface area (Å²) in [5.41, 5.74) is 9.78. The van der Waals surface area contributed by atoms with Crippen LogP contribution in [0.15, 0.2) is 28.7 Å². The highest BCUT2D eigenvalue weighted by Gasteiger charge is 2.14. The van der Waals surface area contributed by atoms with Crippen molar-refractivity contribution in [2.75, 3.05) is 5.73 Å². The second kappa shape index (κ2) is 4.14. The molecule has 0 atom stereocenters. The molecule has 0 saturated carbocycles. The smallest absolute Gasteiger partial charge is 0.230 e. The Kier molecular flexibility index (Phi) is 2.59. The Labute approximate surface area is 109 Å². The second-order valence-corrected chi connectivity index (χ2v) is 5.45. The molecule has 18 heavy (non-hydrogen) atoms. The SMILES string of the molecule is CCc1cc(-c2nc3c(C)cccc3o2)c(N)s1. The minimum atomic E-state index is 0.618. The highest BCUT2D eigenvalue weighted by molar-refractivity contribution is 7.16. The number of fused-ring (bicyclic) bond motifs is 1. The van der Waals surface area contributed by atoms with E-state index in [-0.39, 0.29) is 0 Å². The van der Waals surface area contributed by atoms with E-state index in [1.54, 1.807) is 11.3 Å². The molecule has 0 aliphatic heterocycles. The molecule has 0 amide bonds. The third kappa shape index (κ3) is 1.69. The zero-order valence-corrected chi connectivity index (χ0v) is 11.2. The number of nitrogen functional groups attached to an aromatic ring is 1. The minimum Gasteiger partial charge on any atom is -0.436 e. The van der Waals surface area contributed by atoms with Crippen LogP contribution in [0.5, 0.6) is 0 Å². The lowest BCUT2D eigenvalue weighted by Crippen LogP contribution is -1.83. The van der Waals surface area contributed by atoms with Gasteiger partial charge >= 0.3 is 0 Å². The molecule has 3 rings (SSSR count). The van der Waals surface area contributed by atoms with Gasteiger partial charge in [0, 0.05) is 4.88 Å². The molecule has 0 fully saturated rings. The number of anilines is 1. The van der Waals surface area contributed by atoms with Crippen molar-refractivity contribution in [2.24, 2.45) is 0 Å². The van der Waals surface area contributed by atoms with E-state index >= 15 is 0 Å². The van der Waals surface area contributed by atoms with Crippen LogP contribution in [-0.4, -0.2) is 4.98 Å². The van der Waals surface area contributed by atoms with Gasteiger partial charge in [-0.3, -0.25) is 0 Å². The monoisotopic (exact) mass is 258 g/mol. The molecule has 2 heterocycles. The van der Waals surface area contributed by atoms with E-state index in [9.17, 15) is 0 Å². The van der Waals surface area contributed by atoms with Gasteiger partial charge in [0.2, 0.25) is 5.89 Å². The summed E-state index contributed by atoms with van der Waals surface area (Å²) in [6.45, 7) is 4.15. The zero-order valence-electron chi connectivity index (χ0n) is 10.4. The van der Waals surface area contributed by atoms with E-state index in [4.69, 9.17) is 10.2 Å². The first-order valence-electron chi connectivity index (χ1n) is 5.93. The second-order valence-electron chi connectivity index (χ2n) is 4.28. The summed E-state index contributed by atoms with van der Waals surface area (Å²) in [6, 6.07) is 8.01. The summed E-state index contributed by atoms with van der Waals surface area (Å²) in [7, 11) is 0. The number of nitrogens with two attached hydrogens (primary N) is 1. The molecule has 0 spiro atoms. The maximum atomic E-state index is 6.03. The van der Waals surface area contributed by atoms with Gasteiger partial charge < -0.3 is 10.2 Å². The summed E-state index contributed by atoms with van der Waals surface area (Å²) >= 11 is 1.60. The Morgan fingerprint density at radius 2 is 2.22 bits per heavy atom. The van der Waals surface area contributed by atoms with E-state index in [2.05, 4.69) is 18.0 Å². The fourth-order valence-electron chi connectivity index (χ4n) is 2.00. The number of para-hydroxylation sites is 1. The molecule has 0 unspecified atom stereocenters. The van der Waals surface area contributed by atoms with Crippen LogP contribution in [0.2, 0.25) is 0 Å². The molecule has 2 N–H and O–H groups in total. The van der Waals surface area contributed by atoms with Gasteiger partial charge in [-0.05, 0) is 31.0 Å². The minimum absolute atomic E-state index is 0.618. The number of aryl methyl sites for hydroxylation is 2. The normalized spacial score (nSPS) is 11.2. The summed E-state index contributed by atoms with van der Waals surface area (Å²) in [5.74, 6) is 0.618. The van der Waals surface area contributed by atoms with E-state index < -0.39 is 0 Å². The van der Waals surface area contributed by atoms with Gasteiger partial charge in [0.1, 0.15) is 5.52 Å². The predicted octanol–water partition coefficient (Wildman–Crippen LogP) is 4.01. The topological polar surface area (TPSA) is 52.0 Å². The molecule has 0 saturated heterocycles. The van der Waals surface area contributed by atoms with Gasteiger partial charge in [0.15, 0.2) is 5.58 Å². The summed E-state index contributed by atoms with van der Waals surface area (Å²) in [5, 5.41) is 0.774. The van der Waals surface area contributed by atoms with E-state index in [0.29, 0.717) is 5.89 Å². The third-order valence-corrected chi connectivity index (χ3v) is 4.12. The number of aromatic nitrogens is 1. The Morgan fingerprint density at radius 1 is 1.39 bits per heavy atom. The lowest BCUT2D eigenvalue weighted by atomic mass is 10.2. The van der Waals surface area contributed by atoms with E-state index in [0.717, 1.165) is 33.6 Å². The Hall–Kier alpha value is -1.81. The Balaban J connectivity index is 2.19. The predicted molar refractivity (Wildman–Crippen MR) is 75.8 cm³/mol. The summed E-state index contributed by atoms with van der Waals surface area (Å²) in [6.07, 6.45) is 0.980. The molecule has 2 aromatic heterocycles. The number of thiophene rings is 1. The standard InChI is InChI=1S/C14H14N2OS/c1-3-9-7-10(13(15)18-9)14-16-12-8(2)5-4-6-11(12)17-14/h4-7H,3,15H2,1-2H3. The fourth-order valence-corrected chi connectivity index (χ4v) is 2.86. The van der Waals surface area contributed by atoms with Crippen molar-refractivity contribution in [3.8, 4) is 11.5 Å². The molecule has 0 aliphatic rings. The van der Waals surface area contributed by atoms with Crippen molar-refractivity contribution in [1.29, 1.82) is 0 Å². The van der Waals surface area contributed by atoms with Crippen LogP contribution in [0.4, 0.5) is 5.00 Å². The van der Waals surface area contributed by atoms with Crippen molar-refractivity contribution in [1.82, 2.24) is 4.98 Å². The highest BCUT2D eigenvalue weighted by Crippen LogP contribution is 2.35. The maximum Gasteiger partial charge on any atom is 0.230 e. The number of hydrogen-bond acceptors (Lipinski definition) is 4. The lowest BCUT2D eigenvalue weighted by Gasteiger charge is -1.90. The Bertz CT molecular complexity index is 712. The molecule has 1 aromatic carbocycles. The molecule has 92 valence electrons. The van der Waals surface area contributed by atoms with Gasteiger partial charge in [-0.1, -0.05) is 19.1 Å². The van der Waals surface area contributed by atoms with E-state index in [1.165, 1.54) is 4.88 Å². The molecule has 0 radical (unpaired) electrons. The molecule has 4 heteroatoms. The van der Waals surface area contributed by atoms with Crippen molar-refractivity contribution in [3.05, 3.63) is 34.7 Å². The average molecular weight is 258 g/mol. The van der Waals surface area contributed by atoms with Crippen LogP contribution in [-0.2, 0) is 6.42 Å². The van der Waals surface area contributed by atoms with Crippen LogP contribution in [0.25, 0.3) is 22.6 Å². The highest BCUT2D eigenvalue weighted by atomic mass is 32.1. The maximum absolute atomic E-state index is 6.03. The summed E-state index contributed by atoms with van der Waals surface area (Å²) in [4.78, 5) is 5.80. The fraction of sp³-hybridized carbons (Fsp3) is 0.214. The van der Waals surface area contributed by atoms with Gasteiger partial charge in [-0.25, -0.2) is 4.98 Å². The third-order valence-electron chi connectivity index (χ3n) is 3.01. The molecule has 0 aliphatic carbocycles. The van der Waals surface area contributed by atoms with Crippen LogP contribution in [0, 0.1) is 6.92 Å². The van der Waals surface area contributed by atoms with Crippen molar-refractivity contribution >= 4 is 27.4 Å². The first-order chi connectivity index (χ1) is 8.69. The number of benzene rings is 1. The number of oxazole rings is 1. The van der Waals surface area contributed by atoms with Crippen LogP contribution in [0.3, 0.4) is 0 Å². The first kappa shape index (κ1) is 11.3. The molecule has 0 bridgehead atoms. The zero-order chi connectivity index (χ0) is 12.7.